The molecule has 5 heteroatoms. The van der Waals surface area contributed by atoms with Crippen molar-refractivity contribution in [3.63, 3.8) is 0 Å². The summed E-state index contributed by atoms with van der Waals surface area (Å²) < 4.78 is 5.93. The van der Waals surface area contributed by atoms with Crippen molar-refractivity contribution >= 4 is 23.1 Å². The van der Waals surface area contributed by atoms with E-state index >= 15 is 0 Å². The first-order chi connectivity index (χ1) is 9.09. The Kier molecular flexibility index (Phi) is 3.27. The van der Waals surface area contributed by atoms with E-state index in [-0.39, 0.29) is 0 Å². The van der Waals surface area contributed by atoms with Crippen molar-refractivity contribution in [3.8, 4) is 5.75 Å². The number of anilines is 2. The molecule has 3 rings (SSSR count). The number of nitrogens with two attached hydrogens (primary N) is 2. The topological polar surface area (TPSA) is 64.5 Å². The van der Waals surface area contributed by atoms with E-state index < -0.39 is 0 Å². The summed E-state index contributed by atoms with van der Waals surface area (Å²) in [7, 11) is 0. The van der Waals surface area contributed by atoms with Crippen LogP contribution in [0, 0.1) is 13.8 Å². The average Bonchev–Trinajstić information content (AvgIpc) is 2.96. The van der Waals surface area contributed by atoms with Gasteiger partial charge in [-0.05, 0) is 50.9 Å². The predicted octanol–water partition coefficient (Wildman–Crippen LogP) is 2.37. The van der Waals surface area contributed by atoms with E-state index in [4.69, 9.17) is 16.2 Å². The van der Waals surface area contributed by atoms with Gasteiger partial charge in [-0.25, -0.2) is 0 Å². The number of benzene rings is 1. The van der Waals surface area contributed by atoms with E-state index in [2.05, 4.69) is 4.90 Å². The van der Waals surface area contributed by atoms with Gasteiger partial charge in [-0.15, -0.1) is 0 Å². The standard InChI is InChI=1S/C14H21N3OS/c1-8-9(2)12(16)14-13(11(8)15)18-7-10(19-14)17-5-3-4-6-17/h10H,3-7,15-16H2,1-2H3. The van der Waals surface area contributed by atoms with E-state index in [1.165, 1.54) is 12.8 Å². The zero-order valence-corrected chi connectivity index (χ0v) is 12.3. The number of fused-ring (bicyclic) bond motifs is 1. The minimum atomic E-state index is 0.374. The SMILES string of the molecule is Cc1c(C)c(N)c2c(c1N)OCC(N1CCCC1)S2. The lowest BCUT2D eigenvalue weighted by molar-refractivity contribution is 0.207. The van der Waals surface area contributed by atoms with Crippen LogP contribution in [0.1, 0.15) is 24.0 Å². The summed E-state index contributed by atoms with van der Waals surface area (Å²) in [6.45, 7) is 7.06. The van der Waals surface area contributed by atoms with Crippen molar-refractivity contribution in [1.82, 2.24) is 4.90 Å². The molecule has 104 valence electrons. The molecular weight excluding hydrogens is 258 g/mol. The van der Waals surface area contributed by atoms with Crippen molar-refractivity contribution < 1.29 is 4.74 Å². The number of rotatable bonds is 1. The summed E-state index contributed by atoms with van der Waals surface area (Å²) in [6.07, 6.45) is 2.57. The number of likely N-dealkylation sites (tertiary alicyclic amines) is 1. The van der Waals surface area contributed by atoms with Crippen LogP contribution in [0.25, 0.3) is 0 Å². The molecule has 0 aromatic heterocycles. The third-order valence-electron chi connectivity index (χ3n) is 4.24. The average molecular weight is 279 g/mol. The second-order valence-corrected chi connectivity index (χ2v) is 6.55. The molecule has 2 aliphatic rings. The largest absolute Gasteiger partial charge is 0.488 e. The van der Waals surface area contributed by atoms with Gasteiger partial charge in [-0.3, -0.25) is 4.90 Å². The molecule has 1 saturated heterocycles. The molecule has 0 aliphatic carbocycles. The fraction of sp³-hybridized carbons (Fsp3) is 0.571. The zero-order chi connectivity index (χ0) is 13.6. The molecule has 0 radical (unpaired) electrons. The van der Waals surface area contributed by atoms with Gasteiger partial charge in [0.15, 0.2) is 5.75 Å². The summed E-state index contributed by atoms with van der Waals surface area (Å²) in [5.41, 5.74) is 16.1. The van der Waals surface area contributed by atoms with E-state index in [1.54, 1.807) is 0 Å². The van der Waals surface area contributed by atoms with Crippen LogP contribution in [-0.2, 0) is 0 Å². The van der Waals surface area contributed by atoms with E-state index in [0.717, 1.165) is 46.2 Å². The molecule has 0 amide bonds. The molecule has 1 aromatic carbocycles. The lowest BCUT2D eigenvalue weighted by Gasteiger charge is -2.33. The lowest BCUT2D eigenvalue weighted by Crippen LogP contribution is -2.37. The first-order valence-corrected chi connectivity index (χ1v) is 7.69. The molecule has 1 atom stereocenters. The smallest absolute Gasteiger partial charge is 0.158 e. The quantitative estimate of drug-likeness (QED) is 0.773. The second-order valence-electron chi connectivity index (χ2n) is 5.36. The minimum Gasteiger partial charge on any atom is -0.488 e. The molecule has 1 aromatic rings. The van der Waals surface area contributed by atoms with Crippen LogP contribution in [0.2, 0.25) is 0 Å². The highest BCUT2D eigenvalue weighted by molar-refractivity contribution is 8.00. The van der Waals surface area contributed by atoms with Crippen LogP contribution in [0.5, 0.6) is 5.75 Å². The Morgan fingerprint density at radius 3 is 2.42 bits per heavy atom. The number of nitrogens with zero attached hydrogens (tertiary/aromatic N) is 1. The van der Waals surface area contributed by atoms with Gasteiger partial charge in [0.05, 0.1) is 21.6 Å². The van der Waals surface area contributed by atoms with Crippen LogP contribution in [0.15, 0.2) is 4.90 Å². The summed E-state index contributed by atoms with van der Waals surface area (Å²) >= 11 is 1.81. The number of hydrogen-bond donors (Lipinski definition) is 2. The van der Waals surface area contributed by atoms with Crippen molar-refractivity contribution in [1.29, 1.82) is 0 Å². The maximum absolute atomic E-state index is 6.26. The van der Waals surface area contributed by atoms with E-state index in [0.29, 0.717) is 12.0 Å². The molecule has 2 heterocycles. The Morgan fingerprint density at radius 2 is 1.74 bits per heavy atom. The molecule has 0 bridgehead atoms. The highest BCUT2D eigenvalue weighted by atomic mass is 32.2. The van der Waals surface area contributed by atoms with E-state index in [9.17, 15) is 0 Å². The molecule has 19 heavy (non-hydrogen) atoms. The Labute approximate surface area is 118 Å². The van der Waals surface area contributed by atoms with Gasteiger partial charge in [0.1, 0.15) is 6.61 Å². The van der Waals surface area contributed by atoms with Gasteiger partial charge in [0, 0.05) is 0 Å². The Hall–Kier alpha value is -1.07. The van der Waals surface area contributed by atoms with E-state index in [1.807, 2.05) is 25.6 Å². The number of ether oxygens (including phenoxy) is 1. The highest BCUT2D eigenvalue weighted by Crippen LogP contribution is 2.48. The molecule has 2 aliphatic heterocycles. The highest BCUT2D eigenvalue weighted by Gasteiger charge is 2.31. The fourth-order valence-corrected chi connectivity index (χ4v) is 4.11. The van der Waals surface area contributed by atoms with Crippen LogP contribution in [0.4, 0.5) is 11.4 Å². The minimum absolute atomic E-state index is 0.374. The first-order valence-electron chi connectivity index (χ1n) is 6.81. The zero-order valence-electron chi connectivity index (χ0n) is 11.5. The molecule has 1 unspecified atom stereocenters. The summed E-state index contributed by atoms with van der Waals surface area (Å²) in [6, 6.07) is 0. The van der Waals surface area contributed by atoms with Crippen LogP contribution >= 0.6 is 11.8 Å². The summed E-state index contributed by atoms with van der Waals surface area (Å²) in [5.74, 6) is 0.793. The van der Waals surface area contributed by atoms with Gasteiger partial charge >= 0.3 is 0 Å². The van der Waals surface area contributed by atoms with Crippen molar-refractivity contribution in [2.24, 2.45) is 0 Å². The maximum atomic E-state index is 6.26. The third kappa shape index (κ3) is 2.05. The molecule has 0 saturated carbocycles. The van der Waals surface area contributed by atoms with Crippen molar-refractivity contribution in [2.75, 3.05) is 31.2 Å². The Bertz CT molecular complexity index is 512. The summed E-state index contributed by atoms with van der Waals surface area (Å²) in [5, 5.41) is 0.374. The molecular formula is C14H21N3OS. The van der Waals surface area contributed by atoms with Gasteiger partial charge in [0.25, 0.3) is 0 Å². The lowest BCUT2D eigenvalue weighted by atomic mass is 10.1. The van der Waals surface area contributed by atoms with Crippen molar-refractivity contribution in [3.05, 3.63) is 11.1 Å². The van der Waals surface area contributed by atoms with Crippen LogP contribution < -0.4 is 16.2 Å². The maximum Gasteiger partial charge on any atom is 0.158 e. The number of thioether (sulfide) groups is 1. The normalized spacial score (nSPS) is 23.2. The van der Waals surface area contributed by atoms with Crippen LogP contribution in [0.3, 0.4) is 0 Å². The monoisotopic (exact) mass is 279 g/mol. The van der Waals surface area contributed by atoms with Gasteiger partial charge in [-0.2, -0.15) is 0 Å². The van der Waals surface area contributed by atoms with Gasteiger partial charge in [-0.1, -0.05) is 11.8 Å². The second kappa shape index (κ2) is 4.80. The number of hydrogen-bond acceptors (Lipinski definition) is 5. The Morgan fingerprint density at radius 1 is 1.11 bits per heavy atom. The first kappa shape index (κ1) is 12.9. The number of nitrogen functional groups attached to an aromatic ring is 2. The van der Waals surface area contributed by atoms with Gasteiger partial charge < -0.3 is 16.2 Å². The third-order valence-corrected chi connectivity index (χ3v) is 5.59. The molecule has 4 nitrogen and oxygen atoms in total. The van der Waals surface area contributed by atoms with Crippen LogP contribution in [-0.4, -0.2) is 30.0 Å². The summed E-state index contributed by atoms with van der Waals surface area (Å²) in [4.78, 5) is 3.52. The van der Waals surface area contributed by atoms with Crippen molar-refractivity contribution in [2.45, 2.75) is 37.0 Å². The van der Waals surface area contributed by atoms with Gasteiger partial charge in [0.2, 0.25) is 0 Å². The fourth-order valence-electron chi connectivity index (χ4n) is 2.78. The Balaban J connectivity index is 1.96. The molecule has 0 spiro atoms. The predicted molar refractivity (Wildman–Crippen MR) is 80.7 cm³/mol. The molecule has 4 N–H and O–H groups in total. The molecule has 1 fully saturated rings.